The lowest BCUT2D eigenvalue weighted by atomic mass is 9.85. The van der Waals surface area contributed by atoms with Gasteiger partial charge in [0.25, 0.3) is 0 Å². The molecule has 1 aromatic carbocycles. The van der Waals surface area contributed by atoms with Gasteiger partial charge >= 0.3 is 12.1 Å². The summed E-state index contributed by atoms with van der Waals surface area (Å²) < 4.78 is 48.9. The Balaban J connectivity index is 3.46. The minimum atomic E-state index is -4.62. The third-order valence-electron chi connectivity index (χ3n) is 3.10. The van der Waals surface area contributed by atoms with Crippen LogP contribution < -0.4 is 9.47 Å². The van der Waals surface area contributed by atoms with Crippen LogP contribution in [0.25, 0.3) is 0 Å². The highest BCUT2D eigenvalue weighted by molar-refractivity contribution is 5.74. The van der Waals surface area contributed by atoms with Crippen molar-refractivity contribution in [3.8, 4) is 11.5 Å². The monoisotopic (exact) mass is 306 g/mol. The maximum Gasteiger partial charge on any atom is 0.420 e. The lowest BCUT2D eigenvalue weighted by Crippen LogP contribution is -2.26. The summed E-state index contributed by atoms with van der Waals surface area (Å²) in [5, 5.41) is 9.13. The Hall–Kier alpha value is -1.92. The summed E-state index contributed by atoms with van der Waals surface area (Å²) in [6.45, 7) is 2.86. The van der Waals surface area contributed by atoms with E-state index in [1.165, 1.54) is 27.0 Å². The van der Waals surface area contributed by atoms with E-state index in [4.69, 9.17) is 14.6 Å². The molecule has 0 atom stereocenters. The minimum absolute atomic E-state index is 0.000635. The average molecular weight is 306 g/mol. The highest BCUT2D eigenvalue weighted by atomic mass is 19.4. The smallest absolute Gasteiger partial charge is 0.420 e. The van der Waals surface area contributed by atoms with Crippen molar-refractivity contribution in [2.45, 2.75) is 26.4 Å². The molecule has 21 heavy (non-hydrogen) atoms. The molecule has 0 saturated carbocycles. The Labute approximate surface area is 120 Å². The molecule has 0 spiro atoms. The maximum absolute atomic E-state index is 13.1. The standard InChI is InChI=1S/C14H17F3O4/c1-13(2,12(18)19)7-8-5-9(20-3)6-10(11(8)21-4)14(15,16)17/h5-6H,7H2,1-4H3,(H,18,19). The molecule has 0 bridgehead atoms. The molecule has 1 N–H and O–H groups in total. The number of hydrogen-bond donors (Lipinski definition) is 1. The summed E-state index contributed by atoms with van der Waals surface area (Å²) in [4.78, 5) is 11.2. The van der Waals surface area contributed by atoms with E-state index in [-0.39, 0.29) is 23.5 Å². The van der Waals surface area contributed by atoms with Crippen LogP contribution in [0, 0.1) is 5.41 Å². The van der Waals surface area contributed by atoms with Crippen LogP contribution in [-0.4, -0.2) is 25.3 Å². The molecule has 0 aromatic heterocycles. The van der Waals surface area contributed by atoms with Gasteiger partial charge in [0.1, 0.15) is 17.1 Å². The Morgan fingerprint density at radius 1 is 1.19 bits per heavy atom. The van der Waals surface area contributed by atoms with Crippen LogP contribution in [0.15, 0.2) is 12.1 Å². The van der Waals surface area contributed by atoms with Crippen molar-refractivity contribution in [1.82, 2.24) is 0 Å². The molecule has 0 heterocycles. The molecule has 0 amide bonds. The van der Waals surface area contributed by atoms with Crippen LogP contribution in [0.2, 0.25) is 0 Å². The molecule has 0 radical (unpaired) electrons. The minimum Gasteiger partial charge on any atom is -0.497 e. The second-order valence-electron chi connectivity index (χ2n) is 5.23. The summed E-state index contributed by atoms with van der Waals surface area (Å²) in [7, 11) is 2.36. The van der Waals surface area contributed by atoms with Crippen LogP contribution in [0.5, 0.6) is 11.5 Å². The van der Waals surface area contributed by atoms with E-state index in [1.54, 1.807) is 0 Å². The zero-order valence-electron chi connectivity index (χ0n) is 12.2. The molecular weight excluding hydrogens is 289 g/mol. The van der Waals surface area contributed by atoms with E-state index < -0.39 is 23.1 Å². The van der Waals surface area contributed by atoms with Crippen molar-refractivity contribution in [1.29, 1.82) is 0 Å². The molecule has 0 saturated heterocycles. The van der Waals surface area contributed by atoms with Gasteiger partial charge in [-0.25, -0.2) is 0 Å². The zero-order chi connectivity index (χ0) is 16.4. The molecule has 0 aliphatic carbocycles. The van der Waals surface area contributed by atoms with Gasteiger partial charge in [0.05, 0.1) is 19.6 Å². The normalized spacial score (nSPS) is 12.1. The molecule has 0 aliphatic rings. The maximum atomic E-state index is 13.1. The van der Waals surface area contributed by atoms with E-state index in [0.29, 0.717) is 0 Å². The highest BCUT2D eigenvalue weighted by Crippen LogP contribution is 2.42. The van der Waals surface area contributed by atoms with Crippen molar-refractivity contribution in [3.05, 3.63) is 23.3 Å². The molecule has 4 nitrogen and oxygen atoms in total. The fourth-order valence-electron chi connectivity index (χ4n) is 1.91. The first-order chi connectivity index (χ1) is 9.52. The van der Waals surface area contributed by atoms with Gasteiger partial charge in [-0.15, -0.1) is 0 Å². The second kappa shape index (κ2) is 5.83. The van der Waals surface area contributed by atoms with E-state index in [9.17, 15) is 18.0 Å². The van der Waals surface area contributed by atoms with Gasteiger partial charge in [0, 0.05) is 0 Å². The van der Waals surface area contributed by atoms with Gasteiger partial charge in [-0.1, -0.05) is 0 Å². The Morgan fingerprint density at radius 2 is 1.76 bits per heavy atom. The van der Waals surface area contributed by atoms with Crippen molar-refractivity contribution < 1.29 is 32.5 Å². The molecular formula is C14H17F3O4. The third kappa shape index (κ3) is 3.80. The molecule has 0 aliphatic heterocycles. The van der Waals surface area contributed by atoms with Crippen LogP contribution in [-0.2, 0) is 17.4 Å². The van der Waals surface area contributed by atoms with Crippen molar-refractivity contribution in [3.63, 3.8) is 0 Å². The molecule has 118 valence electrons. The predicted molar refractivity (Wildman–Crippen MR) is 69.7 cm³/mol. The highest BCUT2D eigenvalue weighted by Gasteiger charge is 2.38. The van der Waals surface area contributed by atoms with Gasteiger partial charge < -0.3 is 14.6 Å². The zero-order valence-corrected chi connectivity index (χ0v) is 12.2. The molecule has 1 aromatic rings. The summed E-state index contributed by atoms with van der Waals surface area (Å²) in [5.74, 6) is -1.49. The van der Waals surface area contributed by atoms with Crippen LogP contribution in [0.3, 0.4) is 0 Å². The topological polar surface area (TPSA) is 55.8 Å². The number of benzene rings is 1. The number of carbonyl (C=O) groups is 1. The van der Waals surface area contributed by atoms with Gasteiger partial charge in [-0.2, -0.15) is 13.2 Å². The number of rotatable bonds is 5. The number of hydrogen-bond acceptors (Lipinski definition) is 3. The van der Waals surface area contributed by atoms with Crippen LogP contribution >= 0.6 is 0 Å². The lowest BCUT2D eigenvalue weighted by Gasteiger charge is -2.23. The number of alkyl halides is 3. The van der Waals surface area contributed by atoms with E-state index in [1.807, 2.05) is 0 Å². The first-order valence-electron chi connectivity index (χ1n) is 6.08. The molecule has 0 unspecified atom stereocenters. The number of methoxy groups -OCH3 is 2. The molecule has 1 rings (SSSR count). The SMILES string of the molecule is COc1cc(CC(C)(C)C(=O)O)c(OC)c(C(F)(F)F)c1. The first-order valence-corrected chi connectivity index (χ1v) is 6.08. The number of ether oxygens (including phenoxy) is 2. The summed E-state index contributed by atoms with van der Waals surface area (Å²) in [6, 6.07) is 2.19. The van der Waals surface area contributed by atoms with Gasteiger partial charge in [-0.05, 0) is 38.0 Å². The summed E-state index contributed by atoms with van der Waals surface area (Å²) in [6.07, 6.45) is -4.74. The van der Waals surface area contributed by atoms with Gasteiger partial charge in [0.2, 0.25) is 0 Å². The Kier molecular flexibility index (Phi) is 4.76. The number of carboxylic acid groups (broad SMARTS) is 1. The third-order valence-corrected chi connectivity index (χ3v) is 3.10. The van der Waals surface area contributed by atoms with Crippen molar-refractivity contribution >= 4 is 5.97 Å². The summed E-state index contributed by atoms with van der Waals surface area (Å²) >= 11 is 0. The van der Waals surface area contributed by atoms with Gasteiger partial charge in [-0.3, -0.25) is 4.79 Å². The van der Waals surface area contributed by atoms with E-state index in [0.717, 1.165) is 13.2 Å². The lowest BCUT2D eigenvalue weighted by molar-refractivity contribution is -0.146. The van der Waals surface area contributed by atoms with E-state index in [2.05, 4.69) is 0 Å². The number of halogens is 3. The predicted octanol–water partition coefficient (Wildman–Crippen LogP) is 3.38. The number of carboxylic acids is 1. The average Bonchev–Trinajstić information content (AvgIpc) is 2.36. The largest absolute Gasteiger partial charge is 0.497 e. The fourth-order valence-corrected chi connectivity index (χ4v) is 1.91. The van der Waals surface area contributed by atoms with Gasteiger partial charge in [0.15, 0.2) is 0 Å². The van der Waals surface area contributed by atoms with Crippen LogP contribution in [0.4, 0.5) is 13.2 Å². The number of aliphatic carboxylic acids is 1. The first kappa shape index (κ1) is 17.1. The fraction of sp³-hybridized carbons (Fsp3) is 0.500. The Bertz CT molecular complexity index is 536. The molecule has 0 fully saturated rings. The van der Waals surface area contributed by atoms with Crippen LogP contribution in [0.1, 0.15) is 25.0 Å². The van der Waals surface area contributed by atoms with Crippen molar-refractivity contribution in [2.24, 2.45) is 5.41 Å². The van der Waals surface area contributed by atoms with Crippen molar-refractivity contribution in [2.75, 3.05) is 14.2 Å². The Morgan fingerprint density at radius 3 is 2.14 bits per heavy atom. The quantitative estimate of drug-likeness (QED) is 0.906. The second-order valence-corrected chi connectivity index (χ2v) is 5.23. The molecule has 7 heteroatoms. The van der Waals surface area contributed by atoms with E-state index >= 15 is 0 Å². The summed E-state index contributed by atoms with van der Waals surface area (Å²) in [5.41, 5.74) is -2.08.